The molecule has 0 spiro atoms. The van der Waals surface area contributed by atoms with E-state index in [1.807, 2.05) is 43.3 Å². The molecule has 4 rings (SSSR count). The van der Waals surface area contributed by atoms with Gasteiger partial charge in [0.05, 0.1) is 5.69 Å². The molecule has 1 aromatic carbocycles. The van der Waals surface area contributed by atoms with Crippen molar-refractivity contribution in [2.75, 3.05) is 44.9 Å². The molecule has 1 aliphatic heterocycles. The predicted molar refractivity (Wildman–Crippen MR) is 139 cm³/mol. The zero-order valence-electron chi connectivity index (χ0n) is 20.5. The van der Waals surface area contributed by atoms with Gasteiger partial charge in [-0.3, -0.25) is 4.79 Å². The highest BCUT2D eigenvalue weighted by atomic mass is 16.1. The summed E-state index contributed by atoms with van der Waals surface area (Å²) in [7, 11) is 6.11. The molecule has 9 nitrogen and oxygen atoms in total. The fourth-order valence-electron chi connectivity index (χ4n) is 3.95. The Balaban J connectivity index is 1.61. The first-order chi connectivity index (χ1) is 16.9. The number of nitrogens with zero attached hydrogens (tertiary/aromatic N) is 5. The van der Waals surface area contributed by atoms with E-state index in [-0.39, 0.29) is 5.91 Å². The Morgan fingerprint density at radius 2 is 2.03 bits per heavy atom. The first-order valence-electron chi connectivity index (χ1n) is 11.6. The summed E-state index contributed by atoms with van der Waals surface area (Å²) >= 11 is 0. The van der Waals surface area contributed by atoms with Crippen molar-refractivity contribution in [2.45, 2.75) is 19.5 Å². The van der Waals surface area contributed by atoms with E-state index in [1.54, 1.807) is 6.08 Å². The normalized spacial score (nSPS) is 13.3. The molecule has 35 heavy (non-hydrogen) atoms. The van der Waals surface area contributed by atoms with Crippen molar-refractivity contribution in [2.24, 2.45) is 0 Å². The van der Waals surface area contributed by atoms with Crippen LogP contribution in [-0.2, 0) is 19.5 Å². The van der Waals surface area contributed by atoms with E-state index in [0.29, 0.717) is 36.2 Å². The van der Waals surface area contributed by atoms with Gasteiger partial charge < -0.3 is 25.8 Å². The number of amides is 1. The summed E-state index contributed by atoms with van der Waals surface area (Å²) in [6.45, 7) is 6.68. The predicted octanol–water partition coefficient (Wildman–Crippen LogP) is 3.32. The summed E-state index contributed by atoms with van der Waals surface area (Å²) in [5.74, 6) is 1.07. The lowest BCUT2D eigenvalue weighted by molar-refractivity contribution is 0.0958. The number of anilines is 4. The highest BCUT2D eigenvalue weighted by Crippen LogP contribution is 2.25. The second kappa shape index (κ2) is 11.1. The van der Waals surface area contributed by atoms with Crippen LogP contribution in [0.15, 0.2) is 55.3 Å². The molecule has 0 saturated heterocycles. The van der Waals surface area contributed by atoms with Gasteiger partial charge in [0.25, 0.3) is 5.91 Å². The average Bonchev–Trinajstić information content (AvgIpc) is 2.82. The Morgan fingerprint density at radius 3 is 2.83 bits per heavy atom. The van der Waals surface area contributed by atoms with Crippen LogP contribution >= 0.6 is 0 Å². The molecular formula is C26H32N8O. The first-order valence-corrected chi connectivity index (χ1v) is 11.6. The number of benzene rings is 1. The smallest absolute Gasteiger partial charge is 0.256 e. The molecule has 9 heteroatoms. The maximum Gasteiger partial charge on any atom is 0.256 e. The van der Waals surface area contributed by atoms with Crippen molar-refractivity contribution in [3.63, 3.8) is 0 Å². The van der Waals surface area contributed by atoms with Gasteiger partial charge in [0.1, 0.15) is 17.2 Å². The molecule has 2 aromatic heterocycles. The number of pyridine rings is 1. The Bertz CT molecular complexity index is 1210. The summed E-state index contributed by atoms with van der Waals surface area (Å²) in [5.41, 5.74) is 4.80. The third-order valence-corrected chi connectivity index (χ3v) is 5.64. The van der Waals surface area contributed by atoms with E-state index in [4.69, 9.17) is 0 Å². The first kappa shape index (κ1) is 24.3. The molecule has 0 aliphatic carbocycles. The van der Waals surface area contributed by atoms with Crippen LogP contribution in [0.1, 0.15) is 27.2 Å². The second-order valence-electron chi connectivity index (χ2n) is 8.93. The van der Waals surface area contributed by atoms with E-state index < -0.39 is 0 Å². The van der Waals surface area contributed by atoms with Crippen LogP contribution in [0.4, 0.5) is 23.3 Å². The van der Waals surface area contributed by atoms with Gasteiger partial charge in [-0.1, -0.05) is 18.2 Å². The third kappa shape index (κ3) is 6.40. The van der Waals surface area contributed by atoms with Gasteiger partial charge in [-0.15, -0.1) is 6.58 Å². The minimum Gasteiger partial charge on any atom is -0.348 e. The van der Waals surface area contributed by atoms with Crippen LogP contribution < -0.4 is 16.0 Å². The molecule has 0 saturated carbocycles. The quantitative estimate of drug-likeness (QED) is 0.408. The zero-order valence-corrected chi connectivity index (χ0v) is 20.5. The minimum atomic E-state index is -0.291. The number of rotatable bonds is 9. The molecule has 3 aromatic rings. The molecule has 3 N–H and O–H groups in total. The van der Waals surface area contributed by atoms with Crippen LogP contribution in [0, 0.1) is 0 Å². The number of carbonyl (C=O) groups is 1. The average molecular weight is 473 g/mol. The zero-order chi connectivity index (χ0) is 24.8. The lowest BCUT2D eigenvalue weighted by Crippen LogP contribution is -2.26. The number of fused-ring (bicyclic) bond motifs is 1. The van der Waals surface area contributed by atoms with E-state index in [2.05, 4.69) is 61.6 Å². The SMILES string of the molecule is C=CCNC(=O)c1cnc(Nc2ccc3c(c2)CN(C)CC3)nc1Nc1cccc(CN(C)C)n1. The van der Waals surface area contributed by atoms with E-state index in [9.17, 15) is 4.79 Å². The van der Waals surface area contributed by atoms with Gasteiger partial charge in [-0.05, 0) is 63.0 Å². The van der Waals surface area contributed by atoms with Crippen molar-refractivity contribution in [3.05, 3.63) is 77.6 Å². The number of hydrogen-bond donors (Lipinski definition) is 3. The molecule has 1 amide bonds. The van der Waals surface area contributed by atoms with Gasteiger partial charge in [0.2, 0.25) is 5.95 Å². The fourth-order valence-corrected chi connectivity index (χ4v) is 3.95. The van der Waals surface area contributed by atoms with Crippen LogP contribution in [-0.4, -0.2) is 64.9 Å². The lowest BCUT2D eigenvalue weighted by Gasteiger charge is -2.25. The maximum atomic E-state index is 12.8. The highest BCUT2D eigenvalue weighted by Gasteiger charge is 2.17. The Morgan fingerprint density at radius 1 is 1.17 bits per heavy atom. The van der Waals surface area contributed by atoms with Crippen LogP contribution in [0.25, 0.3) is 0 Å². The van der Waals surface area contributed by atoms with E-state index >= 15 is 0 Å². The second-order valence-corrected chi connectivity index (χ2v) is 8.93. The summed E-state index contributed by atoms with van der Waals surface area (Å²) in [4.78, 5) is 30.8. The Labute approximate surface area is 206 Å². The number of likely N-dealkylation sites (N-methyl/N-ethyl adjacent to an activating group) is 1. The summed E-state index contributed by atoms with van der Waals surface area (Å²) in [6.07, 6.45) is 4.19. The molecule has 3 heterocycles. The van der Waals surface area contributed by atoms with Gasteiger partial charge in [0, 0.05) is 38.1 Å². The van der Waals surface area contributed by atoms with Crippen molar-refractivity contribution < 1.29 is 4.79 Å². The maximum absolute atomic E-state index is 12.8. The summed E-state index contributed by atoms with van der Waals surface area (Å²) in [5, 5.41) is 9.29. The Kier molecular flexibility index (Phi) is 7.69. The standard InChI is InChI=1S/C26H32N8O/c1-5-12-27-25(35)22-15-28-26(30-20-10-9-18-11-13-34(4)16-19(18)14-20)32-24(22)31-23-8-6-7-21(29-23)17-33(2)3/h5-10,14-15H,1,11-13,16-17H2,2-4H3,(H,27,35)(H2,28,29,30,31,32). The van der Waals surface area contributed by atoms with Gasteiger partial charge in [-0.25, -0.2) is 9.97 Å². The third-order valence-electron chi connectivity index (χ3n) is 5.64. The molecular weight excluding hydrogens is 440 g/mol. The van der Waals surface area contributed by atoms with Crippen molar-refractivity contribution >= 4 is 29.2 Å². The Hall–Kier alpha value is -3.82. The van der Waals surface area contributed by atoms with Gasteiger partial charge in [0.15, 0.2) is 0 Å². The van der Waals surface area contributed by atoms with E-state index in [1.165, 1.54) is 17.3 Å². The fraction of sp³-hybridized carbons (Fsp3) is 0.308. The summed E-state index contributed by atoms with van der Waals surface area (Å²) < 4.78 is 0. The topological polar surface area (TPSA) is 98.3 Å². The molecule has 0 unspecified atom stereocenters. The molecule has 0 fully saturated rings. The van der Waals surface area contributed by atoms with Crippen LogP contribution in [0.3, 0.4) is 0 Å². The number of hydrogen-bond acceptors (Lipinski definition) is 8. The molecule has 0 bridgehead atoms. The largest absolute Gasteiger partial charge is 0.348 e. The van der Waals surface area contributed by atoms with Crippen LogP contribution in [0.2, 0.25) is 0 Å². The number of carbonyl (C=O) groups excluding carboxylic acids is 1. The molecule has 0 atom stereocenters. The summed E-state index contributed by atoms with van der Waals surface area (Å²) in [6, 6.07) is 12.1. The van der Waals surface area contributed by atoms with E-state index in [0.717, 1.165) is 30.9 Å². The van der Waals surface area contributed by atoms with Gasteiger partial charge in [-0.2, -0.15) is 4.98 Å². The molecule has 182 valence electrons. The van der Waals surface area contributed by atoms with Crippen LogP contribution in [0.5, 0.6) is 0 Å². The highest BCUT2D eigenvalue weighted by molar-refractivity contribution is 5.99. The number of aromatic nitrogens is 3. The number of nitrogens with one attached hydrogen (secondary N) is 3. The lowest BCUT2D eigenvalue weighted by atomic mass is 9.99. The minimum absolute atomic E-state index is 0.291. The van der Waals surface area contributed by atoms with Gasteiger partial charge >= 0.3 is 0 Å². The van der Waals surface area contributed by atoms with Crippen molar-refractivity contribution in [1.29, 1.82) is 0 Å². The monoisotopic (exact) mass is 472 g/mol. The van der Waals surface area contributed by atoms with Crippen molar-refractivity contribution in [1.82, 2.24) is 30.1 Å². The van der Waals surface area contributed by atoms with Crippen molar-refractivity contribution in [3.8, 4) is 0 Å². The molecule has 1 aliphatic rings. The molecule has 0 radical (unpaired) electrons.